The van der Waals surface area contributed by atoms with E-state index in [0.717, 1.165) is 12.0 Å². The van der Waals surface area contributed by atoms with E-state index in [4.69, 9.17) is 11.6 Å². The summed E-state index contributed by atoms with van der Waals surface area (Å²) in [6.07, 6.45) is 1.01. The Hall–Kier alpha value is -0.390. The maximum absolute atomic E-state index is 12.6. The Morgan fingerprint density at radius 1 is 1.37 bits per heavy atom. The molecule has 0 bridgehead atoms. The standard InChI is InChI=1S/C16H24ClOP/c1-10-7-6-8-12(17)13(10)14(18)15(19)11(2)9-16(3,4)5/h6-8,11,15H,9,19H2,1-5H3. The van der Waals surface area contributed by atoms with Crippen molar-refractivity contribution in [3.8, 4) is 0 Å². The number of benzene rings is 1. The molecule has 0 spiro atoms. The van der Waals surface area contributed by atoms with Crippen LogP contribution in [-0.4, -0.2) is 11.4 Å². The first-order valence-electron chi connectivity index (χ1n) is 6.68. The molecule has 0 saturated carbocycles. The Morgan fingerprint density at radius 3 is 2.42 bits per heavy atom. The second kappa shape index (κ2) is 6.37. The number of hydrogen-bond donors (Lipinski definition) is 0. The van der Waals surface area contributed by atoms with E-state index in [9.17, 15) is 4.79 Å². The van der Waals surface area contributed by atoms with E-state index >= 15 is 0 Å². The fourth-order valence-electron chi connectivity index (χ4n) is 2.46. The predicted molar refractivity (Wildman–Crippen MR) is 87.3 cm³/mol. The Bertz CT molecular complexity index is 442. The molecule has 3 atom stereocenters. The van der Waals surface area contributed by atoms with E-state index in [0.29, 0.717) is 16.5 Å². The van der Waals surface area contributed by atoms with Gasteiger partial charge in [-0.1, -0.05) is 51.4 Å². The molecule has 0 amide bonds. The summed E-state index contributed by atoms with van der Waals surface area (Å²) in [6.45, 7) is 10.7. The molecule has 0 heterocycles. The van der Waals surface area contributed by atoms with Crippen LogP contribution in [0.5, 0.6) is 0 Å². The molecular formula is C16H24ClOP. The van der Waals surface area contributed by atoms with Crippen LogP contribution in [0.15, 0.2) is 18.2 Å². The van der Waals surface area contributed by atoms with E-state index < -0.39 is 0 Å². The third-order valence-corrected chi connectivity index (χ3v) is 4.59. The van der Waals surface area contributed by atoms with E-state index in [2.05, 4.69) is 36.9 Å². The Balaban J connectivity index is 2.94. The predicted octanol–water partition coefficient (Wildman–Crippen LogP) is 5.15. The summed E-state index contributed by atoms with van der Waals surface area (Å²) in [5.41, 5.74) is 1.76. The quantitative estimate of drug-likeness (QED) is 0.555. The van der Waals surface area contributed by atoms with Crippen molar-refractivity contribution in [1.82, 2.24) is 0 Å². The highest BCUT2D eigenvalue weighted by Crippen LogP contribution is 2.32. The van der Waals surface area contributed by atoms with Crippen LogP contribution in [0.25, 0.3) is 0 Å². The van der Waals surface area contributed by atoms with Crippen molar-refractivity contribution in [2.75, 3.05) is 0 Å². The molecule has 1 rings (SSSR count). The summed E-state index contributed by atoms with van der Waals surface area (Å²) in [7, 11) is 2.70. The molecule has 3 heteroatoms. The summed E-state index contributed by atoms with van der Waals surface area (Å²) in [5.74, 6) is 0.443. The van der Waals surface area contributed by atoms with Gasteiger partial charge in [-0.25, -0.2) is 0 Å². The fraction of sp³-hybridized carbons (Fsp3) is 0.562. The highest BCUT2D eigenvalue weighted by molar-refractivity contribution is 7.19. The second-order valence-corrected chi connectivity index (χ2v) is 7.69. The lowest BCUT2D eigenvalue weighted by atomic mass is 9.82. The van der Waals surface area contributed by atoms with Gasteiger partial charge < -0.3 is 0 Å². The maximum Gasteiger partial charge on any atom is 0.171 e. The van der Waals surface area contributed by atoms with Gasteiger partial charge in [-0.2, -0.15) is 0 Å². The lowest BCUT2D eigenvalue weighted by molar-refractivity contribution is 0.0962. The van der Waals surface area contributed by atoms with Crippen molar-refractivity contribution < 1.29 is 4.79 Å². The minimum Gasteiger partial charge on any atom is -0.293 e. The molecule has 0 aliphatic heterocycles. The number of carbonyl (C=O) groups excluding carboxylic acids is 1. The van der Waals surface area contributed by atoms with Crippen molar-refractivity contribution in [2.45, 2.75) is 46.7 Å². The first kappa shape index (κ1) is 16.7. The van der Waals surface area contributed by atoms with Crippen LogP contribution in [0.4, 0.5) is 0 Å². The molecule has 0 aliphatic carbocycles. The molecule has 1 nitrogen and oxygen atoms in total. The molecule has 0 aromatic heterocycles. The molecular weight excluding hydrogens is 275 g/mol. The van der Waals surface area contributed by atoms with Crippen molar-refractivity contribution in [3.63, 3.8) is 0 Å². The zero-order valence-electron chi connectivity index (χ0n) is 12.5. The van der Waals surface area contributed by atoms with Crippen molar-refractivity contribution in [3.05, 3.63) is 34.3 Å². The lowest BCUT2D eigenvalue weighted by Gasteiger charge is -2.27. The van der Waals surface area contributed by atoms with Crippen molar-refractivity contribution in [1.29, 1.82) is 0 Å². The van der Waals surface area contributed by atoms with Gasteiger partial charge in [0.1, 0.15) is 0 Å². The maximum atomic E-state index is 12.6. The van der Waals surface area contributed by atoms with Gasteiger partial charge in [-0.05, 0) is 36.3 Å². The third kappa shape index (κ3) is 4.58. The Kier molecular flexibility index (Phi) is 5.59. The first-order chi connectivity index (χ1) is 8.63. The van der Waals surface area contributed by atoms with E-state index in [-0.39, 0.29) is 16.9 Å². The second-order valence-electron chi connectivity index (χ2n) is 6.56. The summed E-state index contributed by atoms with van der Waals surface area (Å²) < 4.78 is 0. The molecule has 1 aromatic rings. The SMILES string of the molecule is Cc1cccc(Cl)c1C(=O)C(P)C(C)CC(C)(C)C. The monoisotopic (exact) mass is 298 g/mol. The van der Waals surface area contributed by atoms with Crippen LogP contribution in [0.3, 0.4) is 0 Å². The van der Waals surface area contributed by atoms with E-state index in [1.165, 1.54) is 0 Å². The molecule has 3 unspecified atom stereocenters. The van der Waals surface area contributed by atoms with Gasteiger partial charge in [-0.15, -0.1) is 9.24 Å². The zero-order valence-corrected chi connectivity index (χ0v) is 14.4. The van der Waals surface area contributed by atoms with Gasteiger partial charge in [0.15, 0.2) is 5.78 Å². The molecule has 1 aromatic carbocycles. The van der Waals surface area contributed by atoms with Gasteiger partial charge in [0, 0.05) is 11.2 Å². The molecule has 106 valence electrons. The molecule has 0 N–H and O–H groups in total. The van der Waals surface area contributed by atoms with Crippen LogP contribution in [0.1, 0.15) is 50.0 Å². The minimum absolute atomic E-state index is 0.0853. The molecule has 19 heavy (non-hydrogen) atoms. The lowest BCUT2D eigenvalue weighted by Crippen LogP contribution is -2.26. The number of Topliss-reactive ketones (excluding diaryl/α,β-unsaturated/α-hetero) is 1. The first-order valence-corrected chi connectivity index (χ1v) is 7.73. The van der Waals surface area contributed by atoms with Crippen LogP contribution in [-0.2, 0) is 0 Å². The average molecular weight is 299 g/mol. The number of aryl methyl sites for hydroxylation is 1. The van der Waals surface area contributed by atoms with E-state index in [1.54, 1.807) is 6.07 Å². The summed E-state index contributed by atoms with van der Waals surface area (Å²) >= 11 is 6.18. The van der Waals surface area contributed by atoms with Crippen LogP contribution in [0.2, 0.25) is 5.02 Å². The van der Waals surface area contributed by atoms with Gasteiger partial charge in [0.05, 0.1) is 5.02 Å². The highest BCUT2D eigenvalue weighted by atomic mass is 35.5. The number of hydrogen-bond acceptors (Lipinski definition) is 1. The Morgan fingerprint density at radius 2 is 1.95 bits per heavy atom. The zero-order chi connectivity index (χ0) is 14.8. The van der Waals surface area contributed by atoms with Gasteiger partial charge in [0.2, 0.25) is 0 Å². The number of rotatable bonds is 4. The van der Waals surface area contributed by atoms with Gasteiger partial charge in [0.25, 0.3) is 0 Å². The summed E-state index contributed by atoms with van der Waals surface area (Å²) in [6, 6.07) is 5.60. The summed E-state index contributed by atoms with van der Waals surface area (Å²) in [4.78, 5) is 12.6. The molecule has 0 fully saturated rings. The normalized spacial score (nSPS) is 15.1. The van der Waals surface area contributed by atoms with Crippen molar-refractivity contribution in [2.24, 2.45) is 11.3 Å². The van der Waals surface area contributed by atoms with Crippen molar-refractivity contribution >= 4 is 26.6 Å². The number of carbonyl (C=O) groups is 1. The molecule has 0 saturated heterocycles. The molecule has 0 radical (unpaired) electrons. The smallest absolute Gasteiger partial charge is 0.171 e. The van der Waals surface area contributed by atoms with Crippen LogP contribution >= 0.6 is 20.8 Å². The van der Waals surface area contributed by atoms with Crippen LogP contribution in [0, 0.1) is 18.3 Å². The largest absolute Gasteiger partial charge is 0.293 e. The van der Waals surface area contributed by atoms with Gasteiger partial charge >= 0.3 is 0 Å². The summed E-state index contributed by atoms with van der Waals surface area (Å²) in [5, 5.41) is 0.556. The van der Waals surface area contributed by atoms with E-state index in [1.807, 2.05) is 19.1 Å². The third-order valence-electron chi connectivity index (χ3n) is 3.32. The average Bonchev–Trinajstić information content (AvgIpc) is 2.25. The fourth-order valence-corrected chi connectivity index (χ4v) is 3.08. The molecule has 0 aliphatic rings. The number of ketones is 1. The topological polar surface area (TPSA) is 17.1 Å². The highest BCUT2D eigenvalue weighted by Gasteiger charge is 2.27. The Labute approximate surface area is 124 Å². The number of halogens is 1. The van der Waals surface area contributed by atoms with Gasteiger partial charge in [-0.3, -0.25) is 4.79 Å². The van der Waals surface area contributed by atoms with Crippen LogP contribution < -0.4 is 0 Å². The minimum atomic E-state index is -0.0853.